The average molecular weight is 210 g/mol. The van der Waals surface area contributed by atoms with Gasteiger partial charge in [-0.05, 0) is 25.2 Å². The molecule has 2 fully saturated rings. The number of nitrogens with two attached hydrogens (primary N) is 1. The highest BCUT2D eigenvalue weighted by Gasteiger charge is 2.47. The fraction of sp³-hybridized carbons (Fsp3) is 0.818. The van der Waals surface area contributed by atoms with Crippen LogP contribution >= 0.6 is 0 Å². The smallest absolute Gasteiger partial charge is 0.230 e. The van der Waals surface area contributed by atoms with E-state index in [9.17, 15) is 9.59 Å². The summed E-state index contributed by atoms with van der Waals surface area (Å²) in [5.41, 5.74) is 5.52. The van der Waals surface area contributed by atoms with Crippen molar-refractivity contribution in [3.8, 4) is 0 Å². The first-order valence-electron chi connectivity index (χ1n) is 5.63. The molecular weight excluding hydrogens is 192 g/mol. The predicted octanol–water partition coefficient (Wildman–Crippen LogP) is 0.653. The summed E-state index contributed by atoms with van der Waals surface area (Å²) < 4.78 is 0. The lowest BCUT2D eigenvalue weighted by molar-refractivity contribution is -0.158. The second-order valence-electron chi connectivity index (χ2n) is 4.95. The minimum Gasteiger partial charge on any atom is -0.328 e. The van der Waals surface area contributed by atoms with Crippen molar-refractivity contribution in [2.24, 2.45) is 11.1 Å². The molecule has 0 aromatic heterocycles. The molecule has 4 heteroatoms. The van der Waals surface area contributed by atoms with Crippen LogP contribution in [0.3, 0.4) is 0 Å². The Morgan fingerprint density at radius 2 is 1.87 bits per heavy atom. The van der Waals surface area contributed by atoms with Gasteiger partial charge >= 0.3 is 0 Å². The molecule has 1 saturated carbocycles. The van der Waals surface area contributed by atoms with Crippen molar-refractivity contribution in [2.75, 3.05) is 6.54 Å². The van der Waals surface area contributed by atoms with Crippen LogP contribution in [0.15, 0.2) is 0 Å². The summed E-state index contributed by atoms with van der Waals surface area (Å²) in [5, 5.41) is 0. The first-order valence-corrected chi connectivity index (χ1v) is 5.63. The van der Waals surface area contributed by atoms with E-state index in [0.717, 1.165) is 19.3 Å². The second kappa shape index (κ2) is 3.59. The van der Waals surface area contributed by atoms with Gasteiger partial charge in [0.2, 0.25) is 11.8 Å². The number of hydrogen-bond donors (Lipinski definition) is 1. The van der Waals surface area contributed by atoms with Crippen molar-refractivity contribution in [2.45, 2.75) is 45.1 Å². The number of rotatable bonds is 2. The molecule has 84 valence electrons. The van der Waals surface area contributed by atoms with E-state index in [1.165, 1.54) is 4.90 Å². The topological polar surface area (TPSA) is 63.4 Å². The van der Waals surface area contributed by atoms with Gasteiger partial charge in [-0.15, -0.1) is 0 Å². The minimum absolute atomic E-state index is 0.0242. The van der Waals surface area contributed by atoms with E-state index >= 15 is 0 Å². The van der Waals surface area contributed by atoms with Crippen molar-refractivity contribution in [3.63, 3.8) is 0 Å². The number of amides is 2. The number of hydrogen-bond acceptors (Lipinski definition) is 3. The molecule has 0 bridgehead atoms. The van der Waals surface area contributed by atoms with Crippen molar-refractivity contribution in [1.82, 2.24) is 4.90 Å². The number of piperidine rings is 1. The van der Waals surface area contributed by atoms with Crippen molar-refractivity contribution in [1.29, 1.82) is 0 Å². The highest BCUT2D eigenvalue weighted by atomic mass is 16.2. The molecule has 1 saturated heterocycles. The zero-order chi connectivity index (χ0) is 11.1. The number of nitrogens with zero attached hydrogens (tertiary/aromatic N) is 1. The highest BCUT2D eigenvalue weighted by Crippen LogP contribution is 2.49. The maximum Gasteiger partial charge on any atom is 0.230 e. The summed E-state index contributed by atoms with van der Waals surface area (Å²) in [6.45, 7) is 2.18. The van der Waals surface area contributed by atoms with Crippen LogP contribution in [-0.4, -0.2) is 29.3 Å². The van der Waals surface area contributed by atoms with Crippen LogP contribution in [0, 0.1) is 5.41 Å². The molecule has 0 aromatic rings. The Balaban J connectivity index is 2.11. The van der Waals surface area contributed by atoms with Crippen LogP contribution in [0.2, 0.25) is 0 Å². The molecule has 1 aliphatic carbocycles. The van der Waals surface area contributed by atoms with Gasteiger partial charge < -0.3 is 5.73 Å². The van der Waals surface area contributed by atoms with Crippen molar-refractivity contribution >= 4 is 11.8 Å². The molecule has 2 amide bonds. The summed E-state index contributed by atoms with van der Waals surface area (Å²) in [6, 6.07) is -0.151. The maximum absolute atomic E-state index is 11.9. The van der Waals surface area contributed by atoms with Gasteiger partial charge in [0.1, 0.15) is 0 Å². The lowest BCUT2D eigenvalue weighted by Gasteiger charge is -2.47. The third-order valence-electron chi connectivity index (χ3n) is 3.79. The van der Waals surface area contributed by atoms with Crippen molar-refractivity contribution < 1.29 is 9.59 Å². The molecule has 2 aliphatic rings. The molecule has 1 aliphatic heterocycles. The van der Waals surface area contributed by atoms with Gasteiger partial charge in [-0.1, -0.05) is 6.42 Å². The Morgan fingerprint density at radius 1 is 1.33 bits per heavy atom. The quantitative estimate of drug-likeness (QED) is 0.681. The first kappa shape index (κ1) is 10.6. The van der Waals surface area contributed by atoms with Gasteiger partial charge in [0.15, 0.2) is 0 Å². The van der Waals surface area contributed by atoms with E-state index in [2.05, 4.69) is 0 Å². The summed E-state index contributed by atoms with van der Waals surface area (Å²) in [6.07, 6.45) is 4.32. The standard InChI is InChI=1S/C11H18N2O2/c1-8(7-12)13-9(14)5-11(3-2-4-11)6-10(13)15/h8H,2-7,12H2,1H3. The molecule has 1 atom stereocenters. The molecule has 0 radical (unpaired) electrons. The van der Waals surface area contributed by atoms with Gasteiger partial charge in [0.25, 0.3) is 0 Å². The average Bonchev–Trinajstić information content (AvgIpc) is 2.13. The molecule has 1 unspecified atom stereocenters. The van der Waals surface area contributed by atoms with E-state index in [0.29, 0.717) is 19.4 Å². The molecular formula is C11H18N2O2. The number of carbonyl (C=O) groups is 2. The van der Waals surface area contributed by atoms with E-state index < -0.39 is 0 Å². The Labute approximate surface area is 89.8 Å². The van der Waals surface area contributed by atoms with E-state index in [4.69, 9.17) is 5.73 Å². The van der Waals surface area contributed by atoms with Gasteiger partial charge in [-0.25, -0.2) is 0 Å². The van der Waals surface area contributed by atoms with Gasteiger partial charge in [-0.3, -0.25) is 14.5 Å². The normalized spacial score (nSPS) is 26.7. The van der Waals surface area contributed by atoms with E-state index in [1.54, 1.807) is 0 Å². The molecule has 4 nitrogen and oxygen atoms in total. The fourth-order valence-corrected chi connectivity index (χ4v) is 2.64. The summed E-state index contributed by atoms with van der Waals surface area (Å²) in [4.78, 5) is 25.1. The highest BCUT2D eigenvalue weighted by molar-refractivity contribution is 5.99. The van der Waals surface area contributed by atoms with Crippen LogP contribution in [0.4, 0.5) is 0 Å². The van der Waals surface area contributed by atoms with Crippen LogP contribution in [0.5, 0.6) is 0 Å². The van der Waals surface area contributed by atoms with Crippen LogP contribution in [0.1, 0.15) is 39.0 Å². The molecule has 2 rings (SSSR count). The monoisotopic (exact) mass is 210 g/mol. The predicted molar refractivity (Wildman–Crippen MR) is 55.9 cm³/mol. The lowest BCUT2D eigenvalue weighted by atomic mass is 9.62. The van der Waals surface area contributed by atoms with E-state index in [1.807, 2.05) is 6.92 Å². The Kier molecular flexibility index (Phi) is 2.54. The van der Waals surface area contributed by atoms with Crippen LogP contribution in [-0.2, 0) is 9.59 Å². The maximum atomic E-state index is 11.9. The van der Waals surface area contributed by atoms with E-state index in [-0.39, 0.29) is 23.3 Å². The summed E-state index contributed by atoms with van der Waals surface area (Å²) >= 11 is 0. The number of carbonyl (C=O) groups excluding carboxylic acids is 2. The van der Waals surface area contributed by atoms with Gasteiger partial charge in [-0.2, -0.15) is 0 Å². The molecule has 0 aromatic carbocycles. The Hall–Kier alpha value is -0.900. The van der Waals surface area contributed by atoms with Crippen molar-refractivity contribution in [3.05, 3.63) is 0 Å². The minimum atomic E-state index is -0.151. The second-order valence-corrected chi connectivity index (χ2v) is 4.95. The SMILES string of the molecule is CC(CN)N1C(=O)CC2(CCC2)CC1=O. The van der Waals surface area contributed by atoms with Crippen LogP contribution in [0.25, 0.3) is 0 Å². The number of imide groups is 1. The molecule has 1 spiro atoms. The van der Waals surface area contributed by atoms with Crippen LogP contribution < -0.4 is 5.73 Å². The summed E-state index contributed by atoms with van der Waals surface area (Å²) in [5.74, 6) is -0.0483. The molecule has 15 heavy (non-hydrogen) atoms. The van der Waals surface area contributed by atoms with Gasteiger partial charge in [0, 0.05) is 25.4 Å². The Bertz CT molecular complexity index is 277. The lowest BCUT2D eigenvalue weighted by Crippen LogP contribution is -2.55. The molecule has 1 heterocycles. The third-order valence-corrected chi connectivity index (χ3v) is 3.79. The fourth-order valence-electron chi connectivity index (χ4n) is 2.64. The largest absolute Gasteiger partial charge is 0.328 e. The zero-order valence-electron chi connectivity index (χ0n) is 9.16. The Morgan fingerprint density at radius 3 is 2.20 bits per heavy atom. The molecule has 2 N–H and O–H groups in total. The third kappa shape index (κ3) is 1.67. The number of likely N-dealkylation sites (tertiary alicyclic amines) is 1. The summed E-state index contributed by atoms with van der Waals surface area (Å²) in [7, 11) is 0. The first-order chi connectivity index (χ1) is 7.08. The zero-order valence-corrected chi connectivity index (χ0v) is 9.16. The van der Waals surface area contributed by atoms with Gasteiger partial charge in [0.05, 0.1) is 0 Å².